The highest BCUT2D eigenvalue weighted by Gasteiger charge is 2.44. The van der Waals surface area contributed by atoms with Crippen molar-refractivity contribution in [3.63, 3.8) is 0 Å². The first-order valence-corrected chi connectivity index (χ1v) is 5.77. The molecule has 1 saturated heterocycles. The van der Waals surface area contributed by atoms with Crippen molar-refractivity contribution in [1.82, 2.24) is 9.13 Å². The lowest BCUT2D eigenvalue weighted by Crippen LogP contribution is -2.40. The van der Waals surface area contributed by atoms with E-state index >= 15 is 0 Å². The van der Waals surface area contributed by atoms with Crippen LogP contribution in [0.2, 0.25) is 0 Å². The molecule has 0 saturated carbocycles. The van der Waals surface area contributed by atoms with Crippen LogP contribution in [0.4, 0.5) is 0 Å². The van der Waals surface area contributed by atoms with Crippen molar-refractivity contribution in [1.29, 1.82) is 0 Å². The van der Waals surface area contributed by atoms with Gasteiger partial charge in [-0.05, 0) is 0 Å². The number of ether oxygens (including phenoxy) is 1. The lowest BCUT2D eigenvalue weighted by Gasteiger charge is -2.15. The lowest BCUT2D eigenvalue weighted by atomic mass is 10.0. The Labute approximate surface area is 108 Å². The number of nitrogens with zero attached hydrogens (tertiary/aromatic N) is 2. The van der Waals surface area contributed by atoms with Crippen molar-refractivity contribution in [2.45, 2.75) is 24.4 Å². The zero-order chi connectivity index (χ0) is 14.3. The van der Waals surface area contributed by atoms with Crippen molar-refractivity contribution in [3.8, 4) is 0 Å². The number of aliphatic hydroxyl groups excluding tert-OH is 3. The van der Waals surface area contributed by atoms with E-state index in [0.29, 0.717) is 0 Å². The van der Waals surface area contributed by atoms with Gasteiger partial charge in [0.25, 0.3) is 5.56 Å². The van der Waals surface area contributed by atoms with Crippen molar-refractivity contribution in [3.05, 3.63) is 32.6 Å². The van der Waals surface area contributed by atoms with Crippen molar-refractivity contribution in [2.24, 2.45) is 14.1 Å². The molecular formula is C11H16N2O6. The quantitative estimate of drug-likeness (QED) is 0.537. The fourth-order valence-electron chi connectivity index (χ4n) is 2.19. The highest BCUT2D eigenvalue weighted by atomic mass is 16.6. The highest BCUT2D eigenvalue weighted by Crippen LogP contribution is 2.31. The molecule has 0 aromatic carbocycles. The van der Waals surface area contributed by atoms with Crippen LogP contribution in [0.15, 0.2) is 15.8 Å². The van der Waals surface area contributed by atoms with E-state index in [9.17, 15) is 19.8 Å². The maximum Gasteiger partial charge on any atom is 0.330 e. The van der Waals surface area contributed by atoms with Crippen molar-refractivity contribution >= 4 is 0 Å². The second kappa shape index (κ2) is 4.89. The van der Waals surface area contributed by atoms with E-state index in [-0.39, 0.29) is 5.56 Å². The fraction of sp³-hybridized carbons (Fsp3) is 0.636. The molecule has 3 N–H and O–H groups in total. The standard InChI is InChI=1S/C11H16N2O6/c1-12-3-5(10(17)13(2)11(12)18)9-8(16)7(15)6(4-14)19-9/h3,6-9,14-16H,4H2,1-2H3/t6-,7?,8?,9+/m1/s1. The highest BCUT2D eigenvalue weighted by molar-refractivity contribution is 5.14. The largest absolute Gasteiger partial charge is 0.394 e. The third-order valence-electron chi connectivity index (χ3n) is 3.32. The Balaban J connectivity index is 2.50. The van der Waals surface area contributed by atoms with Crippen LogP contribution in [0.3, 0.4) is 0 Å². The summed E-state index contributed by atoms with van der Waals surface area (Å²) in [5, 5.41) is 28.5. The Bertz CT molecular complexity index is 592. The van der Waals surface area contributed by atoms with Crippen LogP contribution >= 0.6 is 0 Å². The molecule has 19 heavy (non-hydrogen) atoms. The fourth-order valence-corrected chi connectivity index (χ4v) is 2.19. The monoisotopic (exact) mass is 272 g/mol. The zero-order valence-corrected chi connectivity index (χ0v) is 10.6. The smallest absolute Gasteiger partial charge is 0.330 e. The number of aromatic nitrogens is 2. The van der Waals surface area contributed by atoms with Crippen LogP contribution in [0.25, 0.3) is 0 Å². The van der Waals surface area contributed by atoms with Gasteiger partial charge >= 0.3 is 5.69 Å². The van der Waals surface area contributed by atoms with Gasteiger partial charge in [0.2, 0.25) is 0 Å². The van der Waals surface area contributed by atoms with Crippen LogP contribution in [0, 0.1) is 0 Å². The predicted molar refractivity (Wildman–Crippen MR) is 63.6 cm³/mol. The summed E-state index contributed by atoms with van der Waals surface area (Å²) in [6.07, 6.45) is -3.37. The molecule has 8 nitrogen and oxygen atoms in total. The van der Waals surface area contributed by atoms with Gasteiger partial charge in [0.05, 0.1) is 12.2 Å². The van der Waals surface area contributed by atoms with Crippen LogP contribution < -0.4 is 11.2 Å². The first-order valence-electron chi connectivity index (χ1n) is 5.77. The zero-order valence-electron chi connectivity index (χ0n) is 10.6. The lowest BCUT2D eigenvalue weighted by molar-refractivity contribution is -0.0234. The molecule has 0 spiro atoms. The Morgan fingerprint density at radius 3 is 2.42 bits per heavy atom. The van der Waals surface area contributed by atoms with E-state index in [1.165, 1.54) is 24.9 Å². The van der Waals surface area contributed by atoms with Crippen LogP contribution in [0.1, 0.15) is 11.7 Å². The summed E-state index contributed by atoms with van der Waals surface area (Å²) in [7, 11) is 2.78. The first-order chi connectivity index (χ1) is 8.88. The molecule has 0 radical (unpaired) electrons. The number of hydrogen-bond acceptors (Lipinski definition) is 6. The van der Waals surface area contributed by atoms with Gasteiger partial charge in [0.1, 0.15) is 24.4 Å². The summed E-state index contributed by atoms with van der Waals surface area (Å²) in [4.78, 5) is 23.5. The van der Waals surface area contributed by atoms with Crippen LogP contribution in [0.5, 0.6) is 0 Å². The molecule has 0 amide bonds. The van der Waals surface area contributed by atoms with E-state index in [1.807, 2.05) is 0 Å². The van der Waals surface area contributed by atoms with E-state index < -0.39 is 42.3 Å². The van der Waals surface area contributed by atoms with Gasteiger partial charge in [-0.25, -0.2) is 4.79 Å². The van der Waals surface area contributed by atoms with E-state index in [4.69, 9.17) is 9.84 Å². The van der Waals surface area contributed by atoms with Gasteiger partial charge in [-0.1, -0.05) is 0 Å². The average Bonchev–Trinajstić information content (AvgIpc) is 2.68. The molecule has 1 aliphatic rings. The molecule has 1 aromatic heterocycles. The molecule has 1 aromatic rings. The second-order valence-electron chi connectivity index (χ2n) is 4.60. The predicted octanol–water partition coefficient (Wildman–Crippen LogP) is -2.76. The SMILES string of the molecule is Cn1cc([C@@H]2O[C@H](CO)C(O)C2O)c(=O)n(C)c1=O. The molecule has 106 valence electrons. The summed E-state index contributed by atoms with van der Waals surface area (Å²) in [6, 6.07) is 0. The normalized spacial score (nSPS) is 30.8. The Morgan fingerprint density at radius 1 is 1.26 bits per heavy atom. The van der Waals surface area contributed by atoms with E-state index in [2.05, 4.69) is 0 Å². The van der Waals surface area contributed by atoms with E-state index in [1.54, 1.807) is 0 Å². The van der Waals surface area contributed by atoms with Gasteiger partial charge in [-0.2, -0.15) is 0 Å². The van der Waals surface area contributed by atoms with Crippen LogP contribution in [-0.2, 0) is 18.8 Å². The van der Waals surface area contributed by atoms with Gasteiger partial charge < -0.3 is 24.6 Å². The number of aryl methyl sites for hydroxylation is 1. The van der Waals surface area contributed by atoms with Crippen molar-refractivity contribution in [2.75, 3.05) is 6.61 Å². The Morgan fingerprint density at radius 2 is 1.89 bits per heavy atom. The van der Waals surface area contributed by atoms with E-state index in [0.717, 1.165) is 4.57 Å². The van der Waals surface area contributed by atoms with Gasteiger partial charge in [-0.15, -0.1) is 0 Å². The molecule has 2 heterocycles. The third-order valence-corrected chi connectivity index (χ3v) is 3.32. The minimum absolute atomic E-state index is 0.0621. The summed E-state index contributed by atoms with van der Waals surface area (Å²) >= 11 is 0. The molecule has 0 aliphatic carbocycles. The van der Waals surface area contributed by atoms with Crippen molar-refractivity contribution < 1.29 is 20.1 Å². The minimum atomic E-state index is -1.33. The average molecular weight is 272 g/mol. The topological polar surface area (TPSA) is 114 Å². The number of hydrogen-bond donors (Lipinski definition) is 3. The first kappa shape index (κ1) is 13.9. The molecule has 1 aliphatic heterocycles. The summed E-state index contributed by atoms with van der Waals surface area (Å²) in [6.45, 7) is -0.471. The molecule has 1 fully saturated rings. The maximum atomic E-state index is 12.0. The summed E-state index contributed by atoms with van der Waals surface area (Å²) in [5.74, 6) is 0. The minimum Gasteiger partial charge on any atom is -0.394 e. The van der Waals surface area contributed by atoms with Gasteiger partial charge in [-0.3, -0.25) is 9.36 Å². The molecule has 4 atom stereocenters. The summed E-state index contributed by atoms with van der Waals surface area (Å²) in [5.41, 5.74) is -1.04. The Hall–Kier alpha value is -1.48. The molecule has 8 heteroatoms. The molecular weight excluding hydrogens is 256 g/mol. The summed E-state index contributed by atoms with van der Waals surface area (Å²) < 4.78 is 7.35. The van der Waals surface area contributed by atoms with Gasteiger partial charge in [0.15, 0.2) is 0 Å². The van der Waals surface area contributed by atoms with Gasteiger partial charge in [0, 0.05) is 20.3 Å². The Kier molecular flexibility index (Phi) is 3.59. The number of aliphatic hydroxyl groups is 3. The molecule has 2 rings (SSSR count). The molecule has 0 bridgehead atoms. The maximum absolute atomic E-state index is 12.0. The number of rotatable bonds is 2. The molecule has 2 unspecified atom stereocenters. The third kappa shape index (κ3) is 2.12. The van der Waals surface area contributed by atoms with Crippen LogP contribution in [-0.4, -0.2) is 49.4 Å². The second-order valence-corrected chi connectivity index (χ2v) is 4.60.